The number of aromatic nitrogens is 3. The molecule has 10 heteroatoms. The Labute approximate surface area is 228 Å². The van der Waals surface area contributed by atoms with Gasteiger partial charge in [-0.2, -0.15) is 0 Å². The molecule has 6 aliphatic heterocycles. The Morgan fingerprint density at radius 1 is 1.00 bits per heavy atom. The van der Waals surface area contributed by atoms with Gasteiger partial charge in [-0.3, -0.25) is 15.1 Å². The highest BCUT2D eigenvalue weighted by molar-refractivity contribution is 5.68. The van der Waals surface area contributed by atoms with Crippen molar-refractivity contribution in [1.82, 2.24) is 30.1 Å². The number of pyridine rings is 1. The lowest BCUT2D eigenvalue weighted by atomic mass is 10.1. The van der Waals surface area contributed by atoms with Crippen molar-refractivity contribution in [2.24, 2.45) is 0 Å². The third-order valence-corrected chi connectivity index (χ3v) is 8.75. The van der Waals surface area contributed by atoms with Crippen molar-refractivity contribution >= 4 is 17.5 Å². The minimum Gasteiger partial charge on any atom is -0.391 e. The van der Waals surface area contributed by atoms with Crippen LogP contribution in [0, 0.1) is 5.82 Å². The number of nitrogens with one attached hydrogen (secondary N) is 2. The van der Waals surface area contributed by atoms with Crippen molar-refractivity contribution in [3.63, 3.8) is 0 Å². The highest BCUT2D eigenvalue weighted by atomic mass is 19.1. The van der Waals surface area contributed by atoms with Crippen LogP contribution < -0.4 is 15.5 Å². The number of hydrogen-bond acceptors (Lipinski definition) is 9. The Hall–Kier alpha value is -3.18. The summed E-state index contributed by atoms with van der Waals surface area (Å²) in [6.07, 6.45) is 8.93. The van der Waals surface area contributed by atoms with E-state index in [1.807, 2.05) is 36.7 Å². The van der Waals surface area contributed by atoms with Crippen LogP contribution in [0.15, 0.2) is 48.9 Å². The van der Waals surface area contributed by atoms with Crippen molar-refractivity contribution in [1.29, 1.82) is 0 Å². The van der Waals surface area contributed by atoms with Crippen molar-refractivity contribution in [2.75, 3.05) is 49.5 Å². The number of piperazine rings is 1. The zero-order valence-electron chi connectivity index (χ0n) is 22.1. The average molecular weight is 531 g/mol. The van der Waals surface area contributed by atoms with Crippen LogP contribution in [0.2, 0.25) is 0 Å². The zero-order chi connectivity index (χ0) is 26.4. The van der Waals surface area contributed by atoms with Gasteiger partial charge in [0.15, 0.2) is 5.82 Å². The molecule has 3 N–H and O–H groups in total. The van der Waals surface area contributed by atoms with Crippen molar-refractivity contribution in [3.8, 4) is 11.1 Å². The topological polar surface area (TPSA) is 92.7 Å². The lowest BCUT2D eigenvalue weighted by molar-refractivity contribution is 0.0640. The first-order valence-electron chi connectivity index (χ1n) is 14.1. The Bertz CT molecular complexity index is 1330. The molecule has 7 aliphatic rings. The van der Waals surface area contributed by atoms with E-state index in [0.29, 0.717) is 36.1 Å². The Balaban J connectivity index is 1.20. The number of anilines is 3. The summed E-state index contributed by atoms with van der Waals surface area (Å²) in [6, 6.07) is 9.52. The molecular weight excluding hydrogens is 495 g/mol. The SMILES string of the molecule is OC1CC2CCNC3(CC3)N3CCN(CC3)Cc3cccc(c3F)Nc3cc(ccn3)-c3cnc(nc3)N2C1. The van der Waals surface area contributed by atoms with Crippen LogP contribution in [0.5, 0.6) is 0 Å². The molecule has 2 atom stereocenters. The second-order valence-electron chi connectivity index (χ2n) is 11.3. The second kappa shape index (κ2) is 10.1. The molecule has 39 heavy (non-hydrogen) atoms. The van der Waals surface area contributed by atoms with Gasteiger partial charge in [-0.1, -0.05) is 12.1 Å². The van der Waals surface area contributed by atoms with Crippen LogP contribution in [0.4, 0.5) is 21.8 Å². The van der Waals surface area contributed by atoms with E-state index < -0.39 is 0 Å². The predicted octanol–water partition coefficient (Wildman–Crippen LogP) is 2.96. The summed E-state index contributed by atoms with van der Waals surface area (Å²) in [5, 5.41) is 17.5. The summed E-state index contributed by atoms with van der Waals surface area (Å²) in [5.74, 6) is 0.976. The van der Waals surface area contributed by atoms with Gasteiger partial charge in [0.1, 0.15) is 5.82 Å². The third kappa shape index (κ3) is 4.98. The van der Waals surface area contributed by atoms with E-state index in [1.165, 1.54) is 0 Å². The number of halogens is 1. The first-order valence-corrected chi connectivity index (χ1v) is 14.1. The summed E-state index contributed by atoms with van der Waals surface area (Å²) in [5.41, 5.74) is 2.94. The Morgan fingerprint density at radius 3 is 2.62 bits per heavy atom. The van der Waals surface area contributed by atoms with Crippen LogP contribution in [0.3, 0.4) is 0 Å². The normalized spacial score (nSPS) is 27.9. The van der Waals surface area contributed by atoms with Gasteiger partial charge in [0, 0.05) is 75.0 Å². The first kappa shape index (κ1) is 24.8. The standard InChI is InChI=1S/C29H35FN8O/c30-27-21-2-1-3-25(27)35-26-14-20(4-8-31-26)22-16-32-28(33-17-22)38-19-24(39)15-23(38)5-9-34-29(6-7-29)37-12-10-36(18-21)11-13-37/h1-4,8,14,16-17,23-24,34,39H,5-7,9-13,15,18-19H2,(H,31,35). The molecule has 2 aromatic heterocycles. The highest BCUT2D eigenvalue weighted by Gasteiger charge is 2.48. The highest BCUT2D eigenvalue weighted by Crippen LogP contribution is 2.40. The van der Waals surface area contributed by atoms with Crippen LogP contribution >= 0.6 is 0 Å². The maximum Gasteiger partial charge on any atom is 0.225 e. The van der Waals surface area contributed by atoms with E-state index in [0.717, 1.165) is 69.5 Å². The van der Waals surface area contributed by atoms with E-state index >= 15 is 4.39 Å². The van der Waals surface area contributed by atoms with Crippen LogP contribution in [-0.2, 0) is 6.54 Å². The Kier molecular flexibility index (Phi) is 6.43. The smallest absolute Gasteiger partial charge is 0.225 e. The van der Waals surface area contributed by atoms with Gasteiger partial charge in [-0.05, 0) is 56.0 Å². The quantitative estimate of drug-likeness (QED) is 0.406. The molecular formula is C29H35FN8O. The van der Waals surface area contributed by atoms with Crippen LogP contribution in [-0.4, -0.2) is 86.9 Å². The molecule has 3 fully saturated rings. The van der Waals surface area contributed by atoms with Crippen molar-refractivity contribution in [3.05, 3.63) is 60.3 Å². The summed E-state index contributed by atoms with van der Waals surface area (Å²) in [6.45, 7) is 5.80. The number of aliphatic hydroxyl groups is 1. The fourth-order valence-electron chi connectivity index (χ4n) is 6.41. The number of rotatable bonds is 0. The van der Waals surface area contributed by atoms with Gasteiger partial charge in [-0.25, -0.2) is 19.3 Å². The van der Waals surface area contributed by atoms with E-state index in [1.54, 1.807) is 12.3 Å². The molecule has 0 radical (unpaired) electrons. The fourth-order valence-corrected chi connectivity index (χ4v) is 6.41. The molecule has 9 nitrogen and oxygen atoms in total. The number of benzene rings is 1. The maximum atomic E-state index is 15.6. The van der Waals surface area contributed by atoms with Crippen molar-refractivity contribution in [2.45, 2.75) is 50.0 Å². The molecule has 1 aromatic carbocycles. The molecule has 2 unspecified atom stereocenters. The lowest BCUT2D eigenvalue weighted by Crippen LogP contribution is -2.56. The second-order valence-corrected chi connectivity index (χ2v) is 11.3. The van der Waals surface area contributed by atoms with Crippen LogP contribution in [0.1, 0.15) is 31.2 Å². The van der Waals surface area contributed by atoms with E-state index in [9.17, 15) is 5.11 Å². The molecule has 8 heterocycles. The summed E-state index contributed by atoms with van der Waals surface area (Å²) in [4.78, 5) is 20.9. The molecule has 2 saturated heterocycles. The number of aliphatic hydroxyl groups excluding tert-OH is 1. The molecule has 1 saturated carbocycles. The summed E-state index contributed by atoms with van der Waals surface area (Å²) >= 11 is 0. The molecule has 1 aliphatic carbocycles. The van der Waals surface area contributed by atoms with E-state index in [2.05, 4.69) is 40.3 Å². The fraction of sp³-hybridized carbons (Fsp3) is 0.483. The summed E-state index contributed by atoms with van der Waals surface area (Å²) in [7, 11) is 0. The number of hydrogen-bond donors (Lipinski definition) is 3. The van der Waals surface area contributed by atoms with E-state index in [4.69, 9.17) is 0 Å². The summed E-state index contributed by atoms with van der Waals surface area (Å²) < 4.78 is 15.6. The minimum absolute atomic E-state index is 0.0815. The van der Waals surface area contributed by atoms with Gasteiger partial charge in [0.25, 0.3) is 0 Å². The number of nitrogens with zero attached hydrogens (tertiary/aromatic N) is 6. The predicted molar refractivity (Wildman–Crippen MR) is 148 cm³/mol. The van der Waals surface area contributed by atoms with Gasteiger partial charge < -0.3 is 15.3 Å². The van der Waals surface area contributed by atoms with Gasteiger partial charge in [0.2, 0.25) is 5.95 Å². The molecule has 3 aromatic rings. The maximum absolute atomic E-state index is 15.6. The molecule has 204 valence electrons. The van der Waals surface area contributed by atoms with Crippen molar-refractivity contribution < 1.29 is 9.50 Å². The van der Waals surface area contributed by atoms with Gasteiger partial charge in [0.05, 0.1) is 17.5 Å². The first-order chi connectivity index (χ1) is 19.1. The monoisotopic (exact) mass is 530 g/mol. The van der Waals surface area contributed by atoms with Gasteiger partial charge >= 0.3 is 0 Å². The van der Waals surface area contributed by atoms with Crippen LogP contribution in [0.25, 0.3) is 11.1 Å². The molecule has 10 rings (SSSR count). The molecule has 1 spiro atoms. The molecule has 8 bridgehead atoms. The molecule has 0 amide bonds. The minimum atomic E-state index is -0.372. The van der Waals surface area contributed by atoms with Gasteiger partial charge in [-0.15, -0.1) is 0 Å². The lowest BCUT2D eigenvalue weighted by Gasteiger charge is -2.40. The average Bonchev–Trinajstić information content (AvgIpc) is 3.65. The zero-order valence-corrected chi connectivity index (χ0v) is 22.1. The van der Waals surface area contributed by atoms with E-state index in [-0.39, 0.29) is 23.6 Å². The largest absolute Gasteiger partial charge is 0.391 e. The Morgan fingerprint density at radius 2 is 1.82 bits per heavy atom. The third-order valence-electron chi connectivity index (χ3n) is 8.75.